The number of thioether (sulfide) groups is 1. The lowest BCUT2D eigenvalue weighted by atomic mass is 10.2. The number of nitrogens with zero attached hydrogens (tertiary/aromatic N) is 2. The maximum atomic E-state index is 12.8. The van der Waals surface area contributed by atoms with Gasteiger partial charge >= 0.3 is 0 Å². The summed E-state index contributed by atoms with van der Waals surface area (Å²) in [5.74, 6) is -0.0900. The van der Waals surface area contributed by atoms with Crippen molar-refractivity contribution in [1.82, 2.24) is 4.90 Å². The molecule has 0 saturated carbocycles. The number of rotatable bonds is 4. The van der Waals surface area contributed by atoms with Crippen LogP contribution in [0.5, 0.6) is 5.75 Å². The Morgan fingerprint density at radius 3 is 2.77 bits per heavy atom. The second-order valence-corrected chi connectivity index (χ2v) is 7.14. The van der Waals surface area contributed by atoms with Crippen molar-refractivity contribution >= 4 is 46.2 Å². The Morgan fingerprint density at radius 1 is 1.31 bits per heavy atom. The van der Waals surface area contributed by atoms with Gasteiger partial charge in [0.05, 0.1) is 4.91 Å². The number of benzene rings is 2. The van der Waals surface area contributed by atoms with Crippen LogP contribution in [0.2, 0.25) is 5.02 Å². The fraction of sp³-hybridized carbons (Fsp3) is 0.100. The average molecular weight is 385 g/mol. The van der Waals surface area contributed by atoms with E-state index < -0.39 is 0 Å². The molecule has 1 amide bonds. The molecular weight excluding hydrogens is 368 g/mol. The zero-order valence-corrected chi connectivity index (χ0v) is 15.7. The number of amides is 1. The normalized spacial score (nSPS) is 17.3. The molecule has 1 N–H and O–H groups in total. The zero-order chi connectivity index (χ0) is 18.7. The minimum absolute atomic E-state index is 0.0765. The highest BCUT2D eigenvalue weighted by Crippen LogP contribution is 2.37. The standard InChI is InChI=1S/C20H17ClN2O2S/c1-3-10-23-19(25)18(12-14-6-4-5-7-15(14)21)26-20(23)22-16-9-8-13(2)11-17(16)24/h3-9,11-12,24H,1,10H2,2H3/b18-12-,22-20?. The van der Waals surface area contributed by atoms with E-state index >= 15 is 0 Å². The monoisotopic (exact) mass is 384 g/mol. The Bertz CT molecular complexity index is 937. The molecule has 1 aliphatic heterocycles. The van der Waals surface area contributed by atoms with Crippen LogP contribution in [-0.4, -0.2) is 27.6 Å². The topological polar surface area (TPSA) is 52.9 Å². The van der Waals surface area contributed by atoms with Crippen LogP contribution in [0.15, 0.2) is 65.0 Å². The largest absolute Gasteiger partial charge is 0.506 e. The first kappa shape index (κ1) is 18.3. The summed E-state index contributed by atoms with van der Waals surface area (Å²) in [5, 5.41) is 11.2. The van der Waals surface area contributed by atoms with Crippen molar-refractivity contribution in [2.24, 2.45) is 4.99 Å². The molecule has 26 heavy (non-hydrogen) atoms. The number of phenols is 1. The summed E-state index contributed by atoms with van der Waals surface area (Å²) >= 11 is 7.44. The Kier molecular flexibility index (Phi) is 5.49. The van der Waals surface area contributed by atoms with Crippen LogP contribution in [-0.2, 0) is 4.79 Å². The number of aromatic hydroxyl groups is 1. The molecule has 0 unspecified atom stereocenters. The van der Waals surface area contributed by atoms with Crippen molar-refractivity contribution in [3.8, 4) is 5.75 Å². The molecule has 0 bridgehead atoms. The number of carbonyl (C=O) groups excluding carboxylic acids is 1. The summed E-state index contributed by atoms with van der Waals surface area (Å²) in [7, 11) is 0. The third-order valence-corrected chi connectivity index (χ3v) is 5.09. The number of carbonyl (C=O) groups is 1. The maximum Gasteiger partial charge on any atom is 0.267 e. The van der Waals surface area contributed by atoms with Crippen molar-refractivity contribution < 1.29 is 9.90 Å². The minimum atomic E-state index is -0.167. The van der Waals surface area contributed by atoms with E-state index in [0.29, 0.717) is 27.3 Å². The van der Waals surface area contributed by atoms with Crippen molar-refractivity contribution in [2.75, 3.05) is 6.54 Å². The molecule has 0 aliphatic carbocycles. The van der Waals surface area contributed by atoms with E-state index in [1.807, 2.05) is 31.2 Å². The van der Waals surface area contributed by atoms with Gasteiger partial charge in [-0.1, -0.05) is 41.9 Å². The van der Waals surface area contributed by atoms with Crippen LogP contribution in [0.1, 0.15) is 11.1 Å². The van der Waals surface area contributed by atoms with E-state index in [4.69, 9.17) is 11.6 Å². The van der Waals surface area contributed by atoms with Gasteiger partial charge in [0.2, 0.25) is 0 Å². The molecule has 0 aromatic heterocycles. The molecule has 2 aromatic carbocycles. The lowest BCUT2D eigenvalue weighted by Gasteiger charge is -2.13. The van der Waals surface area contributed by atoms with Gasteiger partial charge in [0.25, 0.3) is 5.91 Å². The van der Waals surface area contributed by atoms with Gasteiger partial charge in [-0.3, -0.25) is 9.69 Å². The van der Waals surface area contributed by atoms with Gasteiger partial charge in [0.1, 0.15) is 11.4 Å². The second kappa shape index (κ2) is 7.81. The lowest BCUT2D eigenvalue weighted by molar-refractivity contribution is -0.121. The Morgan fingerprint density at radius 2 is 2.08 bits per heavy atom. The number of aliphatic imine (C=N–C) groups is 1. The zero-order valence-electron chi connectivity index (χ0n) is 14.1. The van der Waals surface area contributed by atoms with Crippen molar-refractivity contribution in [3.63, 3.8) is 0 Å². The Labute approximate surface area is 161 Å². The first-order chi connectivity index (χ1) is 12.5. The maximum absolute atomic E-state index is 12.8. The number of hydrogen-bond acceptors (Lipinski definition) is 4. The highest BCUT2D eigenvalue weighted by molar-refractivity contribution is 8.18. The summed E-state index contributed by atoms with van der Waals surface area (Å²) in [4.78, 5) is 19.3. The Hall–Kier alpha value is -2.50. The average Bonchev–Trinajstić information content (AvgIpc) is 2.89. The summed E-state index contributed by atoms with van der Waals surface area (Å²) < 4.78 is 0. The molecule has 6 heteroatoms. The van der Waals surface area contributed by atoms with Crippen molar-refractivity contribution in [2.45, 2.75) is 6.92 Å². The van der Waals surface area contributed by atoms with Gasteiger partial charge in [0, 0.05) is 11.6 Å². The summed E-state index contributed by atoms with van der Waals surface area (Å²) in [6.07, 6.45) is 3.39. The smallest absolute Gasteiger partial charge is 0.267 e. The SMILES string of the molecule is C=CCN1C(=O)/C(=C/c2ccccc2Cl)SC1=Nc1ccc(C)cc1O. The third kappa shape index (κ3) is 3.84. The number of aryl methyl sites for hydroxylation is 1. The predicted octanol–water partition coefficient (Wildman–Crippen LogP) is 5.14. The van der Waals surface area contributed by atoms with Crippen LogP contribution >= 0.6 is 23.4 Å². The van der Waals surface area contributed by atoms with E-state index in [9.17, 15) is 9.90 Å². The number of amidine groups is 1. The molecule has 132 valence electrons. The molecule has 0 atom stereocenters. The number of halogens is 1. The number of hydrogen-bond donors (Lipinski definition) is 1. The minimum Gasteiger partial charge on any atom is -0.506 e. The predicted molar refractivity (Wildman–Crippen MR) is 109 cm³/mol. The van der Waals surface area contributed by atoms with Gasteiger partial charge in [-0.2, -0.15) is 0 Å². The first-order valence-corrected chi connectivity index (χ1v) is 9.14. The van der Waals surface area contributed by atoms with Crippen LogP contribution in [0.25, 0.3) is 6.08 Å². The van der Waals surface area contributed by atoms with Gasteiger partial charge in [-0.05, 0) is 54.1 Å². The number of phenolic OH excluding ortho intramolecular Hbond substituents is 1. The van der Waals surface area contributed by atoms with Crippen molar-refractivity contribution in [3.05, 3.63) is 76.2 Å². The molecule has 1 heterocycles. The van der Waals surface area contributed by atoms with Crippen molar-refractivity contribution in [1.29, 1.82) is 0 Å². The molecule has 0 radical (unpaired) electrons. The third-order valence-electron chi connectivity index (χ3n) is 3.74. The Balaban J connectivity index is 2.00. The second-order valence-electron chi connectivity index (χ2n) is 5.72. The molecule has 1 saturated heterocycles. The molecule has 0 spiro atoms. The molecule has 1 aliphatic rings. The van der Waals surface area contributed by atoms with Gasteiger partial charge in [-0.15, -0.1) is 6.58 Å². The molecule has 2 aromatic rings. The van der Waals surface area contributed by atoms with E-state index in [1.54, 1.807) is 30.4 Å². The van der Waals surface area contributed by atoms with E-state index in [1.165, 1.54) is 16.7 Å². The molecule has 1 fully saturated rings. The van der Waals surface area contributed by atoms with E-state index in [0.717, 1.165) is 11.1 Å². The summed E-state index contributed by atoms with van der Waals surface area (Å²) in [5.41, 5.74) is 2.12. The molecule has 4 nitrogen and oxygen atoms in total. The lowest BCUT2D eigenvalue weighted by Crippen LogP contribution is -2.29. The van der Waals surface area contributed by atoms with Gasteiger partial charge < -0.3 is 5.11 Å². The van der Waals surface area contributed by atoms with Crippen LogP contribution < -0.4 is 0 Å². The van der Waals surface area contributed by atoms with Crippen LogP contribution in [0.3, 0.4) is 0 Å². The fourth-order valence-electron chi connectivity index (χ4n) is 2.45. The van der Waals surface area contributed by atoms with Gasteiger partial charge in [0.15, 0.2) is 5.17 Å². The summed E-state index contributed by atoms with van der Waals surface area (Å²) in [6, 6.07) is 12.6. The van der Waals surface area contributed by atoms with E-state index in [2.05, 4.69) is 11.6 Å². The van der Waals surface area contributed by atoms with Crippen LogP contribution in [0.4, 0.5) is 5.69 Å². The first-order valence-electron chi connectivity index (χ1n) is 7.94. The van der Waals surface area contributed by atoms with Crippen LogP contribution in [0, 0.1) is 6.92 Å². The van der Waals surface area contributed by atoms with E-state index in [-0.39, 0.29) is 11.7 Å². The fourth-order valence-corrected chi connectivity index (χ4v) is 3.63. The molecular formula is C20H17ClN2O2S. The summed E-state index contributed by atoms with van der Waals surface area (Å²) in [6.45, 7) is 5.92. The molecule has 3 rings (SSSR count). The highest BCUT2D eigenvalue weighted by atomic mass is 35.5. The quantitative estimate of drug-likeness (QED) is 0.586. The van der Waals surface area contributed by atoms with Gasteiger partial charge in [-0.25, -0.2) is 4.99 Å². The highest BCUT2D eigenvalue weighted by Gasteiger charge is 2.32.